The second-order valence-electron chi connectivity index (χ2n) is 9.26. The van der Waals surface area contributed by atoms with Gasteiger partial charge in [0, 0.05) is 22.2 Å². The number of benzene rings is 3. The molecule has 0 radical (unpaired) electrons. The molecule has 0 bridgehead atoms. The van der Waals surface area contributed by atoms with Crippen LogP contribution in [0.1, 0.15) is 40.1 Å². The quantitative estimate of drug-likeness (QED) is 0.307. The third-order valence-corrected chi connectivity index (χ3v) is 7.01. The van der Waals surface area contributed by atoms with Crippen LogP contribution in [0, 0.1) is 13.8 Å². The van der Waals surface area contributed by atoms with Crippen molar-refractivity contribution in [2.75, 3.05) is 11.0 Å². The van der Waals surface area contributed by atoms with Crippen molar-refractivity contribution in [2.24, 2.45) is 0 Å². The van der Waals surface area contributed by atoms with Crippen LogP contribution in [0.4, 0.5) is 5.69 Å². The van der Waals surface area contributed by atoms with Gasteiger partial charge >= 0.3 is 29.6 Å². The van der Waals surface area contributed by atoms with E-state index in [1.54, 1.807) is 30.3 Å². The van der Waals surface area contributed by atoms with Crippen molar-refractivity contribution in [2.45, 2.75) is 26.9 Å². The Hall–Kier alpha value is -3.37. The number of carbonyl (C=O) groups is 1. The molecule has 0 saturated carbocycles. The molecule has 8 nitrogen and oxygen atoms in total. The molecule has 5 aromatic rings. The van der Waals surface area contributed by atoms with Crippen LogP contribution in [-0.2, 0) is 10.0 Å². The topological polar surface area (TPSA) is 122 Å². The van der Waals surface area contributed by atoms with E-state index in [9.17, 15) is 18.3 Å². The maximum absolute atomic E-state index is 12.3. The Labute approximate surface area is 248 Å². The second kappa shape index (κ2) is 11.0. The zero-order chi connectivity index (χ0) is 27.2. The summed E-state index contributed by atoms with van der Waals surface area (Å²) in [5.74, 6) is -0.514. The molecule has 1 atom stereocenters. The van der Waals surface area contributed by atoms with Gasteiger partial charge in [-0.05, 0) is 62.2 Å². The summed E-state index contributed by atoms with van der Waals surface area (Å²) in [5.41, 5.74) is 4.35. The van der Waals surface area contributed by atoms with Crippen molar-refractivity contribution < 1.29 is 57.0 Å². The molecule has 0 aliphatic rings. The molecule has 0 fully saturated rings. The summed E-state index contributed by atoms with van der Waals surface area (Å²) in [5, 5.41) is 13.6. The summed E-state index contributed by atoms with van der Waals surface area (Å²) in [7, 11) is -3.39. The normalized spacial score (nSPS) is 12.2. The van der Waals surface area contributed by atoms with Crippen LogP contribution in [0.3, 0.4) is 0 Å². The number of sulfonamides is 1. The maximum atomic E-state index is 12.3. The SMILES string of the molecule is Cc1c(-c2cc(C(=O)[O-])c3c(O[C@H](C)c4ccc(NS(C)(=O)=O)cc4)ccc(C)c3n2)oc2ccccc12.[Na+]. The number of nitrogens with one attached hydrogen (secondary N) is 1. The van der Waals surface area contributed by atoms with Crippen molar-refractivity contribution in [3.8, 4) is 17.2 Å². The van der Waals surface area contributed by atoms with Gasteiger partial charge in [0.1, 0.15) is 23.1 Å². The molecule has 0 spiro atoms. The van der Waals surface area contributed by atoms with Gasteiger partial charge in [0.15, 0.2) is 5.76 Å². The molecule has 194 valence electrons. The first-order valence-electron chi connectivity index (χ1n) is 11.9. The Balaban J connectivity index is 0.00000353. The maximum Gasteiger partial charge on any atom is 1.00 e. The fourth-order valence-electron chi connectivity index (χ4n) is 4.53. The summed E-state index contributed by atoms with van der Waals surface area (Å²) >= 11 is 0. The van der Waals surface area contributed by atoms with Gasteiger partial charge in [-0.3, -0.25) is 4.72 Å². The second-order valence-corrected chi connectivity index (χ2v) is 11.0. The number of aromatic nitrogens is 1. The average molecular weight is 553 g/mol. The number of furan rings is 1. The average Bonchev–Trinajstić information content (AvgIpc) is 3.21. The number of carbonyl (C=O) groups excluding carboxylic acids is 1. The molecule has 0 amide bonds. The van der Waals surface area contributed by atoms with Gasteiger partial charge in [0.2, 0.25) is 10.0 Å². The van der Waals surface area contributed by atoms with Gasteiger partial charge in [-0.15, -0.1) is 0 Å². The molecule has 10 heteroatoms. The first kappa shape index (κ1) is 28.6. The van der Waals surface area contributed by atoms with Crippen molar-refractivity contribution in [3.05, 3.63) is 89.0 Å². The van der Waals surface area contributed by atoms with Crippen molar-refractivity contribution in [1.29, 1.82) is 0 Å². The van der Waals surface area contributed by atoms with E-state index in [4.69, 9.17) is 14.1 Å². The Bertz CT molecular complexity index is 1810. The molecule has 1 N–H and O–H groups in total. The number of carboxylic acid groups (broad SMARTS) is 1. The number of carboxylic acids is 1. The molecule has 5 rings (SSSR count). The standard InChI is InChI=1S/C29H26N2O6S.Na/c1-16-9-14-25(36-18(3)19-10-12-20(13-11-19)31-38(4,34)35)26-22(29(32)33)15-23(30-27(16)26)28-17(2)21-7-5-6-8-24(21)37-28;/h5-15,18,31H,1-4H3,(H,32,33);/q;+1/p-1/t18-;/m1./s1. The Kier molecular flexibility index (Phi) is 8.09. The third kappa shape index (κ3) is 5.81. The van der Waals surface area contributed by atoms with Crippen molar-refractivity contribution in [3.63, 3.8) is 0 Å². The number of anilines is 1. The molecule has 0 aliphatic heterocycles. The number of fused-ring (bicyclic) bond motifs is 2. The molecule has 0 unspecified atom stereocenters. The van der Waals surface area contributed by atoms with E-state index in [0.717, 1.165) is 28.3 Å². The molecule has 2 heterocycles. The van der Waals surface area contributed by atoms with Gasteiger partial charge in [0.05, 0.1) is 23.1 Å². The summed E-state index contributed by atoms with van der Waals surface area (Å²) in [6.07, 6.45) is 0.610. The number of para-hydroxylation sites is 1. The fourth-order valence-corrected chi connectivity index (χ4v) is 5.10. The summed E-state index contributed by atoms with van der Waals surface area (Å²) in [6.45, 7) is 5.59. The fraction of sp³-hybridized carbons (Fsp3) is 0.172. The predicted octanol–water partition coefficient (Wildman–Crippen LogP) is 2.14. The number of pyridine rings is 1. The third-order valence-electron chi connectivity index (χ3n) is 6.41. The van der Waals surface area contributed by atoms with E-state index in [-0.39, 0.29) is 35.1 Å². The van der Waals surface area contributed by atoms with Gasteiger partial charge in [-0.2, -0.15) is 0 Å². The monoisotopic (exact) mass is 552 g/mol. The van der Waals surface area contributed by atoms with E-state index in [2.05, 4.69) is 4.72 Å². The van der Waals surface area contributed by atoms with Crippen LogP contribution < -0.4 is 44.1 Å². The van der Waals surface area contributed by atoms with Crippen LogP contribution >= 0.6 is 0 Å². The van der Waals surface area contributed by atoms with Crippen LogP contribution in [0.2, 0.25) is 0 Å². The number of hydrogen-bond donors (Lipinski definition) is 1. The van der Waals surface area contributed by atoms with Crippen LogP contribution in [0.25, 0.3) is 33.3 Å². The number of aromatic carboxylic acids is 1. The first-order valence-corrected chi connectivity index (χ1v) is 13.8. The number of aryl methyl sites for hydroxylation is 2. The molecular formula is C29H25N2NaO6S. The van der Waals surface area contributed by atoms with Crippen molar-refractivity contribution in [1.82, 2.24) is 4.98 Å². The Morgan fingerprint density at radius 2 is 1.74 bits per heavy atom. The summed E-state index contributed by atoms with van der Waals surface area (Å²) in [6, 6.07) is 19.4. The van der Waals surface area contributed by atoms with Gasteiger partial charge in [-0.25, -0.2) is 13.4 Å². The molecule has 2 aromatic heterocycles. The van der Waals surface area contributed by atoms with E-state index >= 15 is 0 Å². The number of hydrogen-bond acceptors (Lipinski definition) is 7. The predicted molar refractivity (Wildman–Crippen MR) is 145 cm³/mol. The van der Waals surface area contributed by atoms with Gasteiger partial charge in [0.25, 0.3) is 0 Å². The van der Waals surface area contributed by atoms with E-state index in [0.29, 0.717) is 39.4 Å². The number of rotatable bonds is 7. The smallest absolute Gasteiger partial charge is 0.545 e. The number of nitrogens with zero attached hydrogens (tertiary/aromatic N) is 1. The van der Waals surface area contributed by atoms with Crippen LogP contribution in [0.5, 0.6) is 5.75 Å². The minimum absolute atomic E-state index is 0. The van der Waals surface area contributed by atoms with Crippen LogP contribution in [-0.4, -0.2) is 25.6 Å². The Morgan fingerprint density at radius 1 is 1.05 bits per heavy atom. The number of ether oxygens (including phenoxy) is 1. The summed E-state index contributed by atoms with van der Waals surface area (Å²) in [4.78, 5) is 17.1. The van der Waals surface area contributed by atoms with Gasteiger partial charge in [-0.1, -0.05) is 36.4 Å². The molecule has 0 aliphatic carbocycles. The minimum atomic E-state index is -3.39. The largest absolute Gasteiger partial charge is 1.00 e. The molecular weight excluding hydrogens is 527 g/mol. The van der Waals surface area contributed by atoms with E-state index in [1.807, 2.05) is 51.1 Å². The van der Waals surface area contributed by atoms with Crippen molar-refractivity contribution >= 4 is 43.6 Å². The van der Waals surface area contributed by atoms with Crippen LogP contribution in [0.15, 0.2) is 71.1 Å². The molecule has 0 saturated heterocycles. The zero-order valence-corrected chi connectivity index (χ0v) is 25.0. The zero-order valence-electron chi connectivity index (χ0n) is 22.2. The molecule has 39 heavy (non-hydrogen) atoms. The van der Waals surface area contributed by atoms with E-state index in [1.165, 1.54) is 6.07 Å². The summed E-state index contributed by atoms with van der Waals surface area (Å²) < 4.78 is 37.7. The van der Waals surface area contributed by atoms with E-state index < -0.39 is 22.1 Å². The first-order chi connectivity index (χ1) is 18.0. The van der Waals surface area contributed by atoms with Gasteiger partial charge < -0.3 is 19.1 Å². The minimum Gasteiger partial charge on any atom is -0.545 e. The molecule has 3 aromatic carbocycles. The Morgan fingerprint density at radius 3 is 2.38 bits per heavy atom.